The summed E-state index contributed by atoms with van der Waals surface area (Å²) in [5.41, 5.74) is 1.21. The van der Waals surface area contributed by atoms with E-state index in [9.17, 15) is 4.79 Å². The summed E-state index contributed by atoms with van der Waals surface area (Å²) in [5.74, 6) is -0.164. The third-order valence-electron chi connectivity index (χ3n) is 3.01. The molecule has 18 heavy (non-hydrogen) atoms. The number of aromatic nitrogens is 1. The third-order valence-corrected chi connectivity index (χ3v) is 3.01. The van der Waals surface area contributed by atoms with E-state index in [0.29, 0.717) is 19.2 Å². The fourth-order valence-electron chi connectivity index (χ4n) is 1.90. The number of ether oxygens (including phenoxy) is 1. The molecule has 4 heteroatoms. The number of carbonyl (C=O) groups is 1. The molecule has 0 bridgehead atoms. The smallest absolute Gasteiger partial charge is 0.325 e. The van der Waals surface area contributed by atoms with Gasteiger partial charge in [-0.1, -0.05) is 20.3 Å². The fraction of sp³-hybridized carbons (Fsp3) is 0.643. The molecule has 0 aliphatic carbocycles. The van der Waals surface area contributed by atoms with Crippen LogP contribution in [-0.4, -0.2) is 24.2 Å². The highest BCUT2D eigenvalue weighted by atomic mass is 16.5. The highest BCUT2D eigenvalue weighted by Gasteiger charge is 2.09. The van der Waals surface area contributed by atoms with E-state index < -0.39 is 0 Å². The first kappa shape index (κ1) is 14.8. The third kappa shape index (κ3) is 4.53. The zero-order valence-corrected chi connectivity index (χ0v) is 11.6. The average molecular weight is 252 g/mol. The largest absolute Gasteiger partial charge is 0.464 e. The molecule has 1 aromatic rings. The standard InChI is InChI=1S/C14H24N2O2/c1-4-6-9-18-14(17)11-16-8-7-12(10-16)13(5-2)15-3/h7-8,10,13,15H,4-6,9,11H2,1-3H3. The highest BCUT2D eigenvalue weighted by Crippen LogP contribution is 2.16. The monoisotopic (exact) mass is 252 g/mol. The maximum Gasteiger partial charge on any atom is 0.325 e. The molecule has 0 aliphatic heterocycles. The quantitative estimate of drug-likeness (QED) is 0.571. The van der Waals surface area contributed by atoms with Crippen LogP contribution in [0.1, 0.15) is 44.7 Å². The van der Waals surface area contributed by atoms with E-state index >= 15 is 0 Å². The van der Waals surface area contributed by atoms with Gasteiger partial charge in [-0.25, -0.2) is 0 Å². The molecule has 102 valence electrons. The van der Waals surface area contributed by atoms with Crippen molar-refractivity contribution in [3.8, 4) is 0 Å². The summed E-state index contributed by atoms with van der Waals surface area (Å²) < 4.78 is 7.01. The number of hydrogen-bond acceptors (Lipinski definition) is 3. The molecule has 1 heterocycles. The number of carbonyl (C=O) groups excluding carboxylic acids is 1. The van der Waals surface area contributed by atoms with Crippen molar-refractivity contribution < 1.29 is 9.53 Å². The van der Waals surface area contributed by atoms with Crippen LogP contribution in [0, 0.1) is 0 Å². The second-order valence-corrected chi connectivity index (χ2v) is 4.44. The van der Waals surface area contributed by atoms with Crippen molar-refractivity contribution in [1.29, 1.82) is 0 Å². The Hall–Kier alpha value is -1.29. The second kappa shape index (κ2) is 7.93. The summed E-state index contributed by atoms with van der Waals surface area (Å²) in [6.07, 6.45) is 6.94. The van der Waals surface area contributed by atoms with Gasteiger partial charge < -0.3 is 14.6 Å². The number of esters is 1. The van der Waals surface area contributed by atoms with E-state index in [1.165, 1.54) is 5.56 Å². The normalized spacial score (nSPS) is 12.4. The zero-order chi connectivity index (χ0) is 13.4. The number of hydrogen-bond donors (Lipinski definition) is 1. The molecule has 0 spiro atoms. The zero-order valence-electron chi connectivity index (χ0n) is 11.6. The molecule has 4 nitrogen and oxygen atoms in total. The molecular formula is C14H24N2O2. The van der Waals surface area contributed by atoms with Crippen LogP contribution in [0.25, 0.3) is 0 Å². The lowest BCUT2D eigenvalue weighted by Crippen LogP contribution is -2.15. The van der Waals surface area contributed by atoms with Crippen LogP contribution < -0.4 is 5.32 Å². The van der Waals surface area contributed by atoms with Crippen molar-refractivity contribution in [2.75, 3.05) is 13.7 Å². The van der Waals surface area contributed by atoms with Crippen LogP contribution in [0.2, 0.25) is 0 Å². The van der Waals surface area contributed by atoms with Crippen molar-refractivity contribution >= 4 is 5.97 Å². The Morgan fingerprint density at radius 2 is 2.28 bits per heavy atom. The molecule has 0 aliphatic rings. The van der Waals surface area contributed by atoms with Gasteiger partial charge in [-0.3, -0.25) is 4.79 Å². The van der Waals surface area contributed by atoms with Crippen LogP contribution in [0.3, 0.4) is 0 Å². The lowest BCUT2D eigenvalue weighted by atomic mass is 10.1. The Balaban J connectivity index is 2.45. The van der Waals surface area contributed by atoms with E-state index in [1.54, 1.807) is 0 Å². The molecule has 0 amide bonds. The van der Waals surface area contributed by atoms with Crippen molar-refractivity contribution in [1.82, 2.24) is 9.88 Å². The van der Waals surface area contributed by atoms with Gasteiger partial charge in [0, 0.05) is 18.4 Å². The Kier molecular flexibility index (Phi) is 6.50. The van der Waals surface area contributed by atoms with Crippen molar-refractivity contribution in [3.05, 3.63) is 24.0 Å². The van der Waals surface area contributed by atoms with Gasteiger partial charge in [0.25, 0.3) is 0 Å². The van der Waals surface area contributed by atoms with Gasteiger partial charge in [-0.2, -0.15) is 0 Å². The highest BCUT2D eigenvalue weighted by molar-refractivity contribution is 5.69. The predicted octanol–water partition coefficient (Wildman–Crippen LogP) is 2.50. The van der Waals surface area contributed by atoms with Gasteiger partial charge in [-0.05, 0) is 31.5 Å². The van der Waals surface area contributed by atoms with E-state index in [1.807, 2.05) is 30.1 Å². The van der Waals surface area contributed by atoms with Crippen LogP contribution in [-0.2, 0) is 16.1 Å². The SMILES string of the molecule is CCCCOC(=O)Cn1ccc(C(CC)NC)c1. The first-order valence-corrected chi connectivity index (χ1v) is 6.69. The van der Waals surface area contributed by atoms with Gasteiger partial charge in [0.1, 0.15) is 6.54 Å². The van der Waals surface area contributed by atoms with Crippen LogP contribution in [0.5, 0.6) is 0 Å². The van der Waals surface area contributed by atoms with Crippen LogP contribution >= 0.6 is 0 Å². The maximum absolute atomic E-state index is 11.5. The molecule has 1 atom stereocenters. The lowest BCUT2D eigenvalue weighted by molar-refractivity contribution is -0.144. The summed E-state index contributed by atoms with van der Waals surface area (Å²) in [4.78, 5) is 11.5. The summed E-state index contributed by atoms with van der Waals surface area (Å²) >= 11 is 0. The molecule has 1 N–H and O–H groups in total. The van der Waals surface area contributed by atoms with E-state index in [2.05, 4.69) is 19.2 Å². The Morgan fingerprint density at radius 1 is 1.50 bits per heavy atom. The van der Waals surface area contributed by atoms with Crippen LogP contribution in [0.15, 0.2) is 18.5 Å². The molecule has 1 unspecified atom stereocenters. The first-order chi connectivity index (χ1) is 8.71. The van der Waals surface area contributed by atoms with Crippen molar-refractivity contribution in [3.63, 3.8) is 0 Å². The number of rotatable bonds is 8. The molecule has 0 radical (unpaired) electrons. The average Bonchev–Trinajstić information content (AvgIpc) is 2.79. The number of nitrogens with zero attached hydrogens (tertiary/aromatic N) is 1. The first-order valence-electron chi connectivity index (χ1n) is 6.69. The topological polar surface area (TPSA) is 43.3 Å². The minimum atomic E-state index is -0.164. The van der Waals surface area contributed by atoms with Gasteiger partial charge >= 0.3 is 5.97 Å². The summed E-state index contributed by atoms with van der Waals surface area (Å²) in [6.45, 7) is 5.04. The van der Waals surface area contributed by atoms with Gasteiger partial charge in [0.2, 0.25) is 0 Å². The van der Waals surface area contributed by atoms with E-state index in [0.717, 1.165) is 19.3 Å². The Labute approximate surface area is 109 Å². The van der Waals surface area contributed by atoms with Crippen molar-refractivity contribution in [2.45, 2.75) is 45.7 Å². The van der Waals surface area contributed by atoms with E-state index in [4.69, 9.17) is 4.74 Å². The maximum atomic E-state index is 11.5. The molecule has 0 aromatic carbocycles. The lowest BCUT2D eigenvalue weighted by Gasteiger charge is -2.11. The molecule has 0 saturated carbocycles. The molecule has 0 saturated heterocycles. The predicted molar refractivity (Wildman–Crippen MR) is 72.4 cm³/mol. The Morgan fingerprint density at radius 3 is 2.89 bits per heavy atom. The molecule has 1 rings (SSSR count). The molecule has 1 aromatic heterocycles. The minimum Gasteiger partial charge on any atom is -0.464 e. The van der Waals surface area contributed by atoms with Crippen molar-refractivity contribution in [2.24, 2.45) is 0 Å². The summed E-state index contributed by atoms with van der Waals surface area (Å²) in [5, 5.41) is 3.25. The van der Waals surface area contributed by atoms with Gasteiger partial charge in [-0.15, -0.1) is 0 Å². The summed E-state index contributed by atoms with van der Waals surface area (Å²) in [7, 11) is 1.95. The number of unbranched alkanes of at least 4 members (excludes halogenated alkanes) is 1. The fourth-order valence-corrected chi connectivity index (χ4v) is 1.90. The number of nitrogens with one attached hydrogen (secondary N) is 1. The van der Waals surface area contributed by atoms with E-state index in [-0.39, 0.29) is 5.97 Å². The van der Waals surface area contributed by atoms with Gasteiger partial charge in [0.05, 0.1) is 6.61 Å². The molecule has 0 fully saturated rings. The van der Waals surface area contributed by atoms with Gasteiger partial charge in [0.15, 0.2) is 0 Å². The van der Waals surface area contributed by atoms with Crippen LogP contribution in [0.4, 0.5) is 0 Å². The summed E-state index contributed by atoms with van der Waals surface area (Å²) in [6, 6.07) is 2.40. The second-order valence-electron chi connectivity index (χ2n) is 4.44. The Bertz CT molecular complexity index is 356. The minimum absolute atomic E-state index is 0.164. The molecular weight excluding hydrogens is 228 g/mol.